The van der Waals surface area contributed by atoms with Gasteiger partial charge in [0.1, 0.15) is 11.6 Å². The molecule has 1 atom stereocenters. The number of nitrogens with one attached hydrogen (secondary N) is 1. The summed E-state index contributed by atoms with van der Waals surface area (Å²) < 4.78 is 5.02. The van der Waals surface area contributed by atoms with Crippen LogP contribution in [-0.4, -0.2) is 29.2 Å². The van der Waals surface area contributed by atoms with Crippen molar-refractivity contribution in [3.63, 3.8) is 0 Å². The molecular formula is C15H16N2O3. The molecule has 0 spiro atoms. The normalized spacial score (nSPS) is 11.8. The number of hydrogen-bond donors (Lipinski definition) is 2. The second kappa shape index (κ2) is 6.16. The summed E-state index contributed by atoms with van der Waals surface area (Å²) in [6, 6.07) is 10.2. The van der Waals surface area contributed by atoms with Gasteiger partial charge in [0.15, 0.2) is 6.23 Å². The number of carbonyl (C=O) groups excluding carboxylic acids is 1. The zero-order valence-corrected chi connectivity index (χ0v) is 11.3. The Morgan fingerprint density at radius 2 is 2.00 bits per heavy atom. The molecular weight excluding hydrogens is 256 g/mol. The van der Waals surface area contributed by atoms with Crippen LogP contribution >= 0.6 is 0 Å². The van der Waals surface area contributed by atoms with Crippen molar-refractivity contribution in [2.24, 2.45) is 0 Å². The van der Waals surface area contributed by atoms with E-state index in [1.807, 2.05) is 13.0 Å². The van der Waals surface area contributed by atoms with E-state index >= 15 is 0 Å². The third-order valence-electron chi connectivity index (χ3n) is 2.91. The summed E-state index contributed by atoms with van der Waals surface area (Å²) in [5.74, 6) is 0.726. The number of aliphatic hydroxyl groups is 1. The number of aliphatic hydroxyl groups excluding tert-OH is 1. The Morgan fingerprint density at radius 1 is 1.30 bits per heavy atom. The van der Waals surface area contributed by atoms with Gasteiger partial charge in [-0.3, -0.25) is 4.79 Å². The molecule has 2 N–H and O–H groups in total. The monoisotopic (exact) mass is 272 g/mol. The van der Waals surface area contributed by atoms with Crippen molar-refractivity contribution >= 4 is 11.6 Å². The molecule has 0 radical (unpaired) electrons. The van der Waals surface area contributed by atoms with Gasteiger partial charge in [-0.15, -0.1) is 0 Å². The molecule has 0 bridgehead atoms. The van der Waals surface area contributed by atoms with E-state index in [9.17, 15) is 9.90 Å². The molecule has 0 fully saturated rings. The highest BCUT2D eigenvalue weighted by Crippen LogP contribution is 2.15. The molecule has 2 rings (SSSR count). The topological polar surface area (TPSA) is 71.5 Å². The van der Waals surface area contributed by atoms with E-state index in [1.165, 1.54) is 0 Å². The molecule has 1 aromatic carbocycles. The molecule has 5 nitrogen and oxygen atoms in total. The van der Waals surface area contributed by atoms with Crippen LogP contribution in [-0.2, 0) is 0 Å². The minimum absolute atomic E-state index is 0.402. The lowest BCUT2D eigenvalue weighted by Gasteiger charge is -2.14. The molecule has 5 heteroatoms. The maximum atomic E-state index is 12.1. The second-order valence-corrected chi connectivity index (χ2v) is 4.31. The van der Waals surface area contributed by atoms with Crippen molar-refractivity contribution in [3.8, 4) is 5.75 Å². The quantitative estimate of drug-likeness (QED) is 0.643. The largest absolute Gasteiger partial charge is 0.497 e. The minimum atomic E-state index is -1.34. The van der Waals surface area contributed by atoms with Gasteiger partial charge in [0.2, 0.25) is 5.78 Å². The molecule has 0 aliphatic carbocycles. The van der Waals surface area contributed by atoms with Crippen LogP contribution in [0.4, 0.5) is 5.82 Å². The fourth-order valence-electron chi connectivity index (χ4n) is 1.74. The summed E-state index contributed by atoms with van der Waals surface area (Å²) in [6.45, 7) is 1.85. The summed E-state index contributed by atoms with van der Waals surface area (Å²) in [5.41, 5.74) is 1.26. The number of carbonyl (C=O) groups is 1. The fourth-order valence-corrected chi connectivity index (χ4v) is 1.74. The van der Waals surface area contributed by atoms with E-state index in [4.69, 9.17) is 4.74 Å². The van der Waals surface area contributed by atoms with E-state index in [0.29, 0.717) is 17.1 Å². The van der Waals surface area contributed by atoms with Crippen LogP contribution in [0.25, 0.3) is 0 Å². The average molecular weight is 272 g/mol. The number of ether oxygens (including phenoxy) is 1. The standard InChI is InChI=1S/C15H16N2O3/c1-10-4-3-9-16-14(10)17-15(19)13(18)11-5-7-12(20-2)8-6-11/h3-9,15,19H,1-2H3,(H,16,17). The Labute approximate surface area is 117 Å². The highest BCUT2D eigenvalue weighted by Gasteiger charge is 2.18. The van der Waals surface area contributed by atoms with Crippen molar-refractivity contribution in [2.75, 3.05) is 12.4 Å². The number of hydrogen-bond acceptors (Lipinski definition) is 5. The molecule has 0 amide bonds. The number of methoxy groups -OCH3 is 1. The summed E-state index contributed by atoms with van der Waals surface area (Å²) in [4.78, 5) is 16.2. The van der Waals surface area contributed by atoms with Crippen molar-refractivity contribution in [1.82, 2.24) is 4.98 Å². The van der Waals surface area contributed by atoms with Crippen molar-refractivity contribution in [2.45, 2.75) is 13.2 Å². The SMILES string of the molecule is COc1ccc(C(=O)C(O)Nc2ncccc2C)cc1. The number of nitrogens with zero attached hydrogens (tertiary/aromatic N) is 1. The molecule has 0 aliphatic heterocycles. The van der Waals surface area contributed by atoms with Gasteiger partial charge in [0.05, 0.1) is 7.11 Å². The van der Waals surface area contributed by atoms with E-state index < -0.39 is 12.0 Å². The predicted octanol–water partition coefficient (Wildman–Crippen LogP) is 2.01. The second-order valence-electron chi connectivity index (χ2n) is 4.31. The molecule has 2 aromatic rings. The number of aromatic nitrogens is 1. The maximum absolute atomic E-state index is 12.1. The number of aryl methyl sites for hydroxylation is 1. The first-order valence-electron chi connectivity index (χ1n) is 6.16. The van der Waals surface area contributed by atoms with Gasteiger partial charge in [0.25, 0.3) is 0 Å². The van der Waals surface area contributed by atoms with Gasteiger partial charge in [0, 0.05) is 11.8 Å². The first-order valence-corrected chi connectivity index (χ1v) is 6.16. The predicted molar refractivity (Wildman–Crippen MR) is 75.9 cm³/mol. The maximum Gasteiger partial charge on any atom is 0.211 e. The zero-order chi connectivity index (χ0) is 14.5. The van der Waals surface area contributed by atoms with Crippen LogP contribution in [0.15, 0.2) is 42.6 Å². The first kappa shape index (κ1) is 14.0. The summed E-state index contributed by atoms with van der Waals surface area (Å²) in [6.07, 6.45) is 0.261. The lowest BCUT2D eigenvalue weighted by molar-refractivity contribution is 0.0793. The molecule has 20 heavy (non-hydrogen) atoms. The van der Waals surface area contributed by atoms with Crippen LogP contribution in [0.1, 0.15) is 15.9 Å². The molecule has 104 valence electrons. The molecule has 0 aliphatic rings. The Balaban J connectivity index is 2.10. The van der Waals surface area contributed by atoms with E-state index in [2.05, 4.69) is 10.3 Å². The molecule has 0 saturated carbocycles. The average Bonchev–Trinajstić information content (AvgIpc) is 2.49. The number of rotatable bonds is 5. The fraction of sp³-hybridized carbons (Fsp3) is 0.200. The van der Waals surface area contributed by atoms with Gasteiger partial charge in [-0.05, 0) is 42.8 Å². The smallest absolute Gasteiger partial charge is 0.211 e. The summed E-state index contributed by atoms with van der Waals surface area (Å²) in [5, 5.41) is 12.6. The highest BCUT2D eigenvalue weighted by molar-refractivity contribution is 6.00. The van der Waals surface area contributed by atoms with Gasteiger partial charge in [-0.1, -0.05) is 6.07 Å². The van der Waals surface area contributed by atoms with Gasteiger partial charge >= 0.3 is 0 Å². The van der Waals surface area contributed by atoms with Gasteiger partial charge in [-0.2, -0.15) is 0 Å². The molecule has 1 heterocycles. The van der Waals surface area contributed by atoms with Crippen molar-refractivity contribution in [3.05, 3.63) is 53.7 Å². The van der Waals surface area contributed by atoms with Gasteiger partial charge < -0.3 is 15.2 Å². The van der Waals surface area contributed by atoms with Crippen LogP contribution in [0.3, 0.4) is 0 Å². The minimum Gasteiger partial charge on any atom is -0.497 e. The Kier molecular flexibility index (Phi) is 4.32. The third-order valence-corrected chi connectivity index (χ3v) is 2.91. The number of pyridine rings is 1. The number of ketones is 1. The first-order chi connectivity index (χ1) is 9.61. The molecule has 0 saturated heterocycles. The van der Waals surface area contributed by atoms with Crippen LogP contribution in [0, 0.1) is 6.92 Å². The lowest BCUT2D eigenvalue weighted by atomic mass is 10.1. The van der Waals surface area contributed by atoms with Gasteiger partial charge in [-0.25, -0.2) is 4.98 Å². The Bertz CT molecular complexity index is 596. The van der Waals surface area contributed by atoms with E-state index in [-0.39, 0.29) is 0 Å². The Morgan fingerprint density at radius 3 is 2.60 bits per heavy atom. The third kappa shape index (κ3) is 3.13. The van der Waals surface area contributed by atoms with Crippen molar-refractivity contribution in [1.29, 1.82) is 0 Å². The lowest BCUT2D eigenvalue weighted by Crippen LogP contribution is -2.29. The highest BCUT2D eigenvalue weighted by atomic mass is 16.5. The number of Topliss-reactive ketones (excluding diaryl/α,β-unsaturated/α-hetero) is 1. The van der Waals surface area contributed by atoms with Crippen LogP contribution in [0.2, 0.25) is 0 Å². The van der Waals surface area contributed by atoms with Crippen LogP contribution < -0.4 is 10.1 Å². The van der Waals surface area contributed by atoms with E-state index in [1.54, 1.807) is 43.6 Å². The summed E-state index contributed by atoms with van der Waals surface area (Å²) >= 11 is 0. The summed E-state index contributed by atoms with van der Waals surface area (Å²) in [7, 11) is 1.55. The Hall–Kier alpha value is -2.40. The van der Waals surface area contributed by atoms with Crippen LogP contribution in [0.5, 0.6) is 5.75 Å². The molecule has 1 aromatic heterocycles. The van der Waals surface area contributed by atoms with E-state index in [0.717, 1.165) is 5.56 Å². The number of benzene rings is 1. The van der Waals surface area contributed by atoms with Crippen molar-refractivity contribution < 1.29 is 14.6 Å². The zero-order valence-electron chi connectivity index (χ0n) is 11.3. The molecule has 1 unspecified atom stereocenters. The number of anilines is 1.